The van der Waals surface area contributed by atoms with E-state index in [-0.39, 0.29) is 32.7 Å². The average molecular weight is 555 g/mol. The molecule has 3 aromatic rings. The number of para-hydroxylation sites is 1. The Kier molecular flexibility index (Phi) is 6.99. The molecule has 0 saturated carbocycles. The lowest BCUT2D eigenvalue weighted by Crippen LogP contribution is -2.32. The third-order valence-electron chi connectivity index (χ3n) is 5.01. The predicted molar refractivity (Wildman–Crippen MR) is 131 cm³/mol. The third-order valence-corrected chi connectivity index (χ3v) is 5.79. The first-order valence-electron chi connectivity index (χ1n) is 10.0. The van der Waals surface area contributed by atoms with Gasteiger partial charge in [-0.05, 0) is 48.5 Å². The molecule has 0 bridgehead atoms. The molecular formula is C24H13Cl3F3N3O3. The van der Waals surface area contributed by atoms with Crippen molar-refractivity contribution >= 4 is 69.6 Å². The Balaban J connectivity index is 1.57. The molecule has 0 atom stereocenters. The Hall–Kier alpha value is -3.53. The van der Waals surface area contributed by atoms with E-state index in [4.69, 9.17) is 34.8 Å². The van der Waals surface area contributed by atoms with Crippen LogP contribution < -0.4 is 15.5 Å². The second-order valence-corrected chi connectivity index (χ2v) is 8.72. The largest absolute Gasteiger partial charge is 0.418 e. The normalized spacial score (nSPS) is 13.9. The van der Waals surface area contributed by atoms with Crippen molar-refractivity contribution in [3.05, 3.63) is 98.6 Å². The number of carbonyl (C=O) groups excluding carboxylic acids is 3. The summed E-state index contributed by atoms with van der Waals surface area (Å²) < 4.78 is 39.7. The van der Waals surface area contributed by atoms with E-state index >= 15 is 0 Å². The summed E-state index contributed by atoms with van der Waals surface area (Å²) in [5.74, 6) is -2.43. The number of amides is 3. The smallest absolute Gasteiger partial charge is 0.350 e. The minimum absolute atomic E-state index is 0.0102. The van der Waals surface area contributed by atoms with Crippen LogP contribution in [0.2, 0.25) is 10.0 Å². The Morgan fingerprint density at radius 1 is 0.833 bits per heavy atom. The van der Waals surface area contributed by atoms with Crippen LogP contribution in [0.3, 0.4) is 0 Å². The van der Waals surface area contributed by atoms with Crippen LogP contribution in [0.1, 0.15) is 15.9 Å². The first kappa shape index (κ1) is 25.6. The number of imide groups is 1. The Labute approximate surface area is 217 Å². The van der Waals surface area contributed by atoms with Crippen LogP contribution in [-0.2, 0) is 15.8 Å². The quantitative estimate of drug-likeness (QED) is 0.344. The highest BCUT2D eigenvalue weighted by Gasteiger charge is 2.39. The van der Waals surface area contributed by atoms with Crippen LogP contribution in [-0.4, -0.2) is 17.7 Å². The van der Waals surface area contributed by atoms with E-state index in [9.17, 15) is 27.6 Å². The summed E-state index contributed by atoms with van der Waals surface area (Å²) >= 11 is 18.1. The van der Waals surface area contributed by atoms with Crippen LogP contribution in [0.5, 0.6) is 0 Å². The number of halogens is 6. The van der Waals surface area contributed by atoms with Gasteiger partial charge in [0.2, 0.25) is 0 Å². The predicted octanol–water partition coefficient (Wildman–Crippen LogP) is 6.70. The molecule has 1 aliphatic rings. The molecule has 0 spiro atoms. The van der Waals surface area contributed by atoms with E-state index in [1.807, 2.05) is 0 Å². The molecule has 3 amide bonds. The molecule has 0 unspecified atom stereocenters. The van der Waals surface area contributed by atoms with Crippen molar-refractivity contribution in [3.8, 4) is 0 Å². The van der Waals surface area contributed by atoms with Gasteiger partial charge in [-0.25, -0.2) is 4.90 Å². The maximum atomic E-state index is 13.2. The molecular weight excluding hydrogens is 542 g/mol. The van der Waals surface area contributed by atoms with E-state index in [1.165, 1.54) is 54.6 Å². The van der Waals surface area contributed by atoms with Gasteiger partial charge in [-0.1, -0.05) is 53.0 Å². The molecule has 3 aromatic carbocycles. The molecule has 184 valence electrons. The lowest BCUT2D eigenvalue weighted by Gasteiger charge is -2.16. The third kappa shape index (κ3) is 5.18. The number of carbonyl (C=O) groups is 3. The number of hydrogen-bond acceptors (Lipinski definition) is 4. The minimum Gasteiger partial charge on any atom is -0.350 e. The van der Waals surface area contributed by atoms with Gasteiger partial charge in [0.05, 0.1) is 16.9 Å². The first-order valence-corrected chi connectivity index (χ1v) is 11.2. The van der Waals surface area contributed by atoms with Gasteiger partial charge in [0.15, 0.2) is 0 Å². The summed E-state index contributed by atoms with van der Waals surface area (Å²) in [6.45, 7) is 0. The van der Waals surface area contributed by atoms with E-state index in [1.54, 1.807) is 0 Å². The van der Waals surface area contributed by atoms with Gasteiger partial charge in [-0.2, -0.15) is 13.2 Å². The van der Waals surface area contributed by atoms with Crippen molar-refractivity contribution in [2.24, 2.45) is 0 Å². The average Bonchev–Trinajstić information content (AvgIpc) is 3.01. The van der Waals surface area contributed by atoms with Gasteiger partial charge in [-0.15, -0.1) is 0 Å². The Morgan fingerprint density at radius 2 is 1.50 bits per heavy atom. The molecule has 36 heavy (non-hydrogen) atoms. The lowest BCUT2D eigenvalue weighted by molar-refractivity contribution is -0.137. The number of nitrogens with zero attached hydrogens (tertiary/aromatic N) is 1. The van der Waals surface area contributed by atoms with Gasteiger partial charge in [0.1, 0.15) is 10.7 Å². The van der Waals surface area contributed by atoms with Gasteiger partial charge in [0, 0.05) is 21.3 Å². The number of nitrogens with one attached hydrogen (secondary N) is 2. The van der Waals surface area contributed by atoms with Crippen molar-refractivity contribution in [2.45, 2.75) is 6.18 Å². The van der Waals surface area contributed by atoms with Gasteiger partial charge in [-0.3, -0.25) is 14.4 Å². The molecule has 0 radical (unpaired) electrons. The number of rotatable bonds is 5. The molecule has 0 aliphatic carbocycles. The lowest BCUT2D eigenvalue weighted by atomic mass is 10.1. The molecule has 12 heteroatoms. The molecule has 4 rings (SSSR count). The van der Waals surface area contributed by atoms with E-state index < -0.39 is 40.2 Å². The molecule has 0 fully saturated rings. The summed E-state index contributed by atoms with van der Waals surface area (Å²) in [5.41, 5.74) is -1.39. The zero-order valence-electron chi connectivity index (χ0n) is 17.8. The SMILES string of the molecule is O=C(Nc1ccccc1C(F)(F)F)c1cccc(NC2=C(Cl)C(=O)N(c3cc(Cl)cc(Cl)c3)C2=O)c1. The number of anilines is 3. The standard InChI is InChI=1S/C24H13Cl3F3N3O3/c25-13-9-14(26)11-16(10-13)33-22(35)19(27)20(23(33)36)31-15-5-3-4-12(8-15)21(34)32-18-7-2-1-6-17(18)24(28,29)30/h1-11,31H,(H,32,34). The maximum Gasteiger partial charge on any atom is 0.418 e. The fourth-order valence-corrected chi connectivity index (χ4v) is 4.16. The summed E-state index contributed by atoms with van der Waals surface area (Å²) in [7, 11) is 0. The van der Waals surface area contributed by atoms with Crippen LogP contribution in [0, 0.1) is 0 Å². The van der Waals surface area contributed by atoms with Crippen molar-refractivity contribution in [1.82, 2.24) is 0 Å². The zero-order valence-corrected chi connectivity index (χ0v) is 20.1. The van der Waals surface area contributed by atoms with E-state index in [2.05, 4.69) is 10.6 Å². The topological polar surface area (TPSA) is 78.5 Å². The van der Waals surface area contributed by atoms with Gasteiger partial charge < -0.3 is 10.6 Å². The first-order chi connectivity index (χ1) is 17.0. The van der Waals surface area contributed by atoms with Crippen molar-refractivity contribution in [1.29, 1.82) is 0 Å². The summed E-state index contributed by atoms with van der Waals surface area (Å²) in [6.07, 6.45) is -4.66. The monoisotopic (exact) mass is 553 g/mol. The number of benzene rings is 3. The zero-order chi connectivity index (χ0) is 26.2. The van der Waals surface area contributed by atoms with Crippen LogP contribution >= 0.6 is 34.8 Å². The summed E-state index contributed by atoms with van der Waals surface area (Å²) in [5, 5.41) is 4.92. The summed E-state index contributed by atoms with van der Waals surface area (Å²) in [6, 6.07) is 14.3. The molecule has 6 nitrogen and oxygen atoms in total. The van der Waals surface area contributed by atoms with Gasteiger partial charge >= 0.3 is 6.18 Å². The highest BCUT2D eigenvalue weighted by molar-refractivity contribution is 6.53. The van der Waals surface area contributed by atoms with Crippen LogP contribution in [0.25, 0.3) is 0 Å². The fraction of sp³-hybridized carbons (Fsp3) is 0.0417. The molecule has 0 aromatic heterocycles. The highest BCUT2D eigenvalue weighted by Crippen LogP contribution is 2.35. The Bertz CT molecular complexity index is 1420. The molecule has 1 aliphatic heterocycles. The molecule has 0 saturated heterocycles. The van der Waals surface area contributed by atoms with Crippen molar-refractivity contribution in [3.63, 3.8) is 0 Å². The maximum absolute atomic E-state index is 13.2. The number of alkyl halides is 3. The van der Waals surface area contributed by atoms with Gasteiger partial charge in [0.25, 0.3) is 17.7 Å². The minimum atomic E-state index is -4.66. The van der Waals surface area contributed by atoms with E-state index in [0.717, 1.165) is 17.0 Å². The number of hydrogen-bond donors (Lipinski definition) is 2. The second kappa shape index (κ2) is 9.85. The second-order valence-electron chi connectivity index (χ2n) is 7.47. The van der Waals surface area contributed by atoms with Crippen molar-refractivity contribution in [2.75, 3.05) is 15.5 Å². The summed E-state index contributed by atoms with van der Waals surface area (Å²) in [4.78, 5) is 39.1. The highest BCUT2D eigenvalue weighted by atomic mass is 35.5. The van der Waals surface area contributed by atoms with E-state index in [0.29, 0.717) is 0 Å². The molecule has 1 heterocycles. The van der Waals surface area contributed by atoms with Crippen molar-refractivity contribution < 1.29 is 27.6 Å². The van der Waals surface area contributed by atoms with Crippen LogP contribution in [0.4, 0.5) is 30.2 Å². The fourth-order valence-electron chi connectivity index (χ4n) is 3.43. The Morgan fingerprint density at radius 3 is 2.17 bits per heavy atom. The van der Waals surface area contributed by atoms with Crippen LogP contribution in [0.15, 0.2) is 77.5 Å². The molecule has 2 N–H and O–H groups in total.